The molecular weight excluding hydrogens is 552 g/mol. The summed E-state index contributed by atoms with van der Waals surface area (Å²) in [5.41, 5.74) is 21.8. The number of aliphatic hydroxyl groups excluding tert-OH is 3. The van der Waals surface area contributed by atoms with Gasteiger partial charge in [0, 0.05) is 30.7 Å². The number of hydrogen-bond acceptors (Lipinski definition) is 14. The van der Waals surface area contributed by atoms with E-state index in [1.807, 2.05) is 20.9 Å². The number of guanidine groups is 1. The van der Waals surface area contributed by atoms with Crippen molar-refractivity contribution in [1.82, 2.24) is 16.0 Å². The molecule has 246 valence electrons. The van der Waals surface area contributed by atoms with Crippen molar-refractivity contribution >= 4 is 5.96 Å². The molecule has 1 saturated carbocycles. The number of aliphatic hydroxyl groups is 4. The molecule has 15 N–H and O–H groups in total. The van der Waals surface area contributed by atoms with E-state index in [4.69, 9.17) is 41.9 Å². The molecule has 42 heavy (non-hydrogen) atoms. The topological polar surface area (TPSA) is 270 Å². The van der Waals surface area contributed by atoms with Crippen molar-refractivity contribution in [1.29, 1.82) is 0 Å². The Balaban J connectivity index is 1.86. The molecule has 0 bridgehead atoms. The molecule has 0 aromatic heterocycles. The van der Waals surface area contributed by atoms with Gasteiger partial charge in [-0.3, -0.25) is 0 Å². The van der Waals surface area contributed by atoms with Crippen LogP contribution in [0.5, 0.6) is 0 Å². The smallest absolute Gasteiger partial charge is 0.186 e. The Morgan fingerprint density at radius 3 is 2.38 bits per heavy atom. The Kier molecular flexibility index (Phi) is 12.3. The first kappa shape index (κ1) is 35.2. The van der Waals surface area contributed by atoms with Crippen LogP contribution in [0.25, 0.3) is 0 Å². The van der Waals surface area contributed by atoms with Gasteiger partial charge in [-0.1, -0.05) is 0 Å². The number of hydrogen-bond donors (Lipinski definition) is 11. The second-order valence-corrected chi connectivity index (χ2v) is 12.5. The first-order valence-corrected chi connectivity index (χ1v) is 14.6. The van der Waals surface area contributed by atoms with Gasteiger partial charge in [0.25, 0.3) is 0 Å². The third-order valence-electron chi connectivity index (χ3n) is 8.73. The molecule has 16 heteroatoms. The Hall–Kier alpha value is -1.25. The second kappa shape index (κ2) is 14.7. The molecule has 0 spiro atoms. The van der Waals surface area contributed by atoms with Crippen molar-refractivity contribution in [3.8, 4) is 0 Å². The van der Waals surface area contributed by atoms with Crippen LogP contribution in [0.1, 0.15) is 40.0 Å². The van der Waals surface area contributed by atoms with E-state index in [9.17, 15) is 20.4 Å². The van der Waals surface area contributed by atoms with Gasteiger partial charge in [-0.05, 0) is 54.1 Å². The zero-order valence-electron chi connectivity index (χ0n) is 25.3. The van der Waals surface area contributed by atoms with E-state index >= 15 is 0 Å². The number of nitrogens with zero attached hydrogens (tertiary/aromatic N) is 1. The summed E-state index contributed by atoms with van der Waals surface area (Å²) in [4.78, 5) is 4.32. The average Bonchev–Trinajstić information content (AvgIpc) is 2.92. The lowest BCUT2D eigenvalue weighted by Gasteiger charge is -2.49. The molecular formula is C26H54N8O8. The fourth-order valence-electron chi connectivity index (χ4n) is 5.95. The molecule has 3 fully saturated rings. The Morgan fingerprint density at radius 2 is 1.79 bits per heavy atom. The quantitative estimate of drug-likeness (QED) is 0.0736. The molecule has 16 nitrogen and oxygen atoms in total. The van der Waals surface area contributed by atoms with Gasteiger partial charge in [0.05, 0.1) is 24.9 Å². The summed E-state index contributed by atoms with van der Waals surface area (Å²) in [6.07, 6.45) is -6.26. The lowest BCUT2D eigenvalue weighted by Crippen LogP contribution is -2.69. The highest BCUT2D eigenvalue weighted by molar-refractivity contribution is 5.75. The second-order valence-electron chi connectivity index (χ2n) is 12.5. The Bertz CT molecular complexity index is 881. The molecule has 0 amide bonds. The minimum absolute atomic E-state index is 0.0320. The van der Waals surface area contributed by atoms with Crippen LogP contribution in [-0.4, -0.2) is 145 Å². The molecule has 0 aromatic rings. The zero-order valence-corrected chi connectivity index (χ0v) is 25.3. The van der Waals surface area contributed by atoms with Crippen LogP contribution in [-0.2, 0) is 18.9 Å². The molecule has 0 aromatic carbocycles. The standard InChI is InChI=1S/C26H54N8O8/c1-25(2,32-5)16-7-6-14(34-24(29)30)22(40-16)41-19-13(28)8-15(33-10-12(35)9-27)20(17(19)36)42-23-18(37)21(31-4)26(3,38)11-39-23/h12-23,31-33,35-38H,6-11,27-28H2,1-5H3,(H4,29,30,34)/t12?,13-,14+,15+,16-,17-,18+,19+,20-,21+,22+,23+,26-/m0/s1. The summed E-state index contributed by atoms with van der Waals surface area (Å²) in [6.45, 7) is 5.60. The lowest BCUT2D eigenvalue weighted by molar-refractivity contribution is -0.309. The van der Waals surface area contributed by atoms with Gasteiger partial charge in [-0.15, -0.1) is 0 Å². The molecule has 0 radical (unpaired) electrons. The Labute approximate surface area is 247 Å². The van der Waals surface area contributed by atoms with Crippen LogP contribution in [0, 0.1) is 0 Å². The molecule has 3 rings (SSSR count). The van der Waals surface area contributed by atoms with E-state index in [2.05, 4.69) is 20.9 Å². The van der Waals surface area contributed by atoms with Gasteiger partial charge in [0.15, 0.2) is 18.5 Å². The van der Waals surface area contributed by atoms with Gasteiger partial charge < -0.3 is 78.3 Å². The van der Waals surface area contributed by atoms with Crippen LogP contribution in [0.3, 0.4) is 0 Å². The summed E-state index contributed by atoms with van der Waals surface area (Å²) >= 11 is 0. The highest BCUT2D eigenvalue weighted by atomic mass is 16.7. The van der Waals surface area contributed by atoms with Crippen molar-refractivity contribution in [3.05, 3.63) is 0 Å². The third kappa shape index (κ3) is 8.26. The minimum atomic E-state index is -1.35. The molecule has 3 aliphatic rings. The average molecular weight is 607 g/mol. The van der Waals surface area contributed by atoms with Gasteiger partial charge in [-0.2, -0.15) is 0 Å². The fraction of sp³-hybridized carbons (Fsp3) is 0.962. The van der Waals surface area contributed by atoms with E-state index in [0.717, 1.165) is 0 Å². The molecule has 2 aliphatic heterocycles. The van der Waals surface area contributed by atoms with Crippen LogP contribution in [0.4, 0.5) is 0 Å². The number of nitrogens with two attached hydrogens (primary N) is 4. The fourth-order valence-corrected chi connectivity index (χ4v) is 5.95. The summed E-state index contributed by atoms with van der Waals surface area (Å²) < 4.78 is 24.6. The Morgan fingerprint density at radius 1 is 1.12 bits per heavy atom. The van der Waals surface area contributed by atoms with Crippen LogP contribution < -0.4 is 38.9 Å². The molecule has 2 saturated heterocycles. The highest BCUT2D eigenvalue weighted by Gasteiger charge is 2.52. The van der Waals surface area contributed by atoms with Crippen LogP contribution in [0.2, 0.25) is 0 Å². The number of ether oxygens (including phenoxy) is 4. The van der Waals surface area contributed by atoms with Gasteiger partial charge in [-0.25, -0.2) is 4.99 Å². The SMILES string of the molecule is CN[C@@H]1[C@@H](O)[C@@H](O[C@@H]2[C@@H](O)[C@H](O[C@H]3O[C@H](C(C)(C)NC)CC[C@H]3N=C(N)N)[C@@H](N)C[C@H]2NCC(O)CN)OC[C@]1(C)O. The molecule has 1 aliphatic carbocycles. The predicted molar refractivity (Wildman–Crippen MR) is 155 cm³/mol. The van der Waals surface area contributed by atoms with E-state index in [1.165, 1.54) is 0 Å². The van der Waals surface area contributed by atoms with E-state index in [0.29, 0.717) is 12.8 Å². The lowest BCUT2D eigenvalue weighted by atomic mass is 9.83. The number of nitrogens with one attached hydrogen (secondary N) is 3. The highest BCUT2D eigenvalue weighted by Crippen LogP contribution is 2.34. The first-order valence-electron chi connectivity index (χ1n) is 14.6. The van der Waals surface area contributed by atoms with E-state index < -0.39 is 72.9 Å². The number of rotatable bonds is 12. The normalized spacial score (nSPS) is 42.2. The maximum atomic E-state index is 11.7. The van der Waals surface area contributed by atoms with Crippen LogP contribution >= 0.6 is 0 Å². The maximum absolute atomic E-state index is 11.7. The van der Waals surface area contributed by atoms with E-state index in [-0.39, 0.29) is 43.7 Å². The zero-order chi connectivity index (χ0) is 31.4. The summed E-state index contributed by atoms with van der Waals surface area (Å²) in [5.74, 6) is -0.112. The van der Waals surface area contributed by atoms with Crippen molar-refractivity contribution in [3.63, 3.8) is 0 Å². The van der Waals surface area contributed by atoms with E-state index in [1.54, 1.807) is 14.0 Å². The van der Waals surface area contributed by atoms with Crippen molar-refractivity contribution < 1.29 is 39.4 Å². The largest absolute Gasteiger partial charge is 0.390 e. The predicted octanol–water partition coefficient (Wildman–Crippen LogP) is -4.67. The number of likely N-dealkylation sites (N-methyl/N-ethyl adjacent to an activating group) is 2. The minimum Gasteiger partial charge on any atom is -0.390 e. The monoisotopic (exact) mass is 606 g/mol. The molecule has 1 unspecified atom stereocenters. The van der Waals surface area contributed by atoms with Crippen LogP contribution in [0.15, 0.2) is 4.99 Å². The van der Waals surface area contributed by atoms with Gasteiger partial charge in [0.1, 0.15) is 36.1 Å². The first-order chi connectivity index (χ1) is 19.6. The maximum Gasteiger partial charge on any atom is 0.186 e. The van der Waals surface area contributed by atoms with Gasteiger partial charge >= 0.3 is 0 Å². The van der Waals surface area contributed by atoms with Crippen molar-refractivity contribution in [2.45, 2.75) is 125 Å². The summed E-state index contributed by atoms with van der Waals surface area (Å²) in [7, 11) is 3.46. The summed E-state index contributed by atoms with van der Waals surface area (Å²) in [5, 5.41) is 52.8. The third-order valence-corrected chi connectivity index (χ3v) is 8.73. The molecule has 2 heterocycles. The van der Waals surface area contributed by atoms with Gasteiger partial charge in [0.2, 0.25) is 0 Å². The molecule has 13 atom stereocenters. The van der Waals surface area contributed by atoms with Crippen molar-refractivity contribution in [2.24, 2.45) is 27.9 Å². The summed E-state index contributed by atoms with van der Waals surface area (Å²) in [6, 6.07) is -2.55. The van der Waals surface area contributed by atoms with Crippen molar-refractivity contribution in [2.75, 3.05) is 33.8 Å². The number of aliphatic imine (C=N–C) groups is 1.